The van der Waals surface area contributed by atoms with E-state index in [9.17, 15) is 0 Å². The molecular formula is C11H12N2S. The maximum Gasteiger partial charge on any atom is 0.119 e. The fourth-order valence-electron chi connectivity index (χ4n) is 1.29. The average Bonchev–Trinajstić information content (AvgIpc) is 2.68. The highest BCUT2D eigenvalue weighted by Gasteiger charge is 2.01. The minimum Gasteiger partial charge on any atom is -0.277 e. The third-order valence-electron chi connectivity index (χ3n) is 1.93. The molecule has 0 amide bonds. The lowest BCUT2D eigenvalue weighted by Crippen LogP contribution is -1.75. The summed E-state index contributed by atoms with van der Waals surface area (Å²) in [6, 6.07) is 12.3. The van der Waals surface area contributed by atoms with Crippen molar-refractivity contribution in [3.8, 4) is 11.3 Å². The smallest absolute Gasteiger partial charge is 0.119 e. The van der Waals surface area contributed by atoms with Crippen LogP contribution in [0.1, 0.15) is 6.92 Å². The minimum absolute atomic E-state index is 1.05. The van der Waals surface area contributed by atoms with Crippen LogP contribution in [0.15, 0.2) is 41.4 Å². The van der Waals surface area contributed by atoms with Crippen LogP contribution in [0.3, 0.4) is 0 Å². The van der Waals surface area contributed by atoms with Gasteiger partial charge in [-0.3, -0.25) is 5.10 Å². The Morgan fingerprint density at radius 3 is 2.79 bits per heavy atom. The number of hydrogen-bond donors (Lipinski definition) is 1. The zero-order valence-electron chi connectivity index (χ0n) is 8.03. The van der Waals surface area contributed by atoms with Crippen molar-refractivity contribution in [1.82, 2.24) is 10.2 Å². The summed E-state index contributed by atoms with van der Waals surface area (Å²) in [5.41, 5.74) is 2.27. The second kappa shape index (κ2) is 4.33. The van der Waals surface area contributed by atoms with Crippen LogP contribution in [0.25, 0.3) is 11.3 Å². The SMILES string of the molecule is CCSc1cc(-c2ccccc2)[nH]n1. The van der Waals surface area contributed by atoms with Gasteiger partial charge >= 0.3 is 0 Å². The van der Waals surface area contributed by atoms with Gasteiger partial charge in [0, 0.05) is 0 Å². The van der Waals surface area contributed by atoms with Crippen LogP contribution < -0.4 is 0 Å². The van der Waals surface area contributed by atoms with Crippen LogP contribution in [0.4, 0.5) is 0 Å². The summed E-state index contributed by atoms with van der Waals surface area (Å²) < 4.78 is 0. The van der Waals surface area contributed by atoms with E-state index in [1.165, 1.54) is 5.56 Å². The maximum absolute atomic E-state index is 4.22. The number of aromatic amines is 1. The highest BCUT2D eigenvalue weighted by atomic mass is 32.2. The van der Waals surface area contributed by atoms with Crippen LogP contribution in [0, 0.1) is 0 Å². The van der Waals surface area contributed by atoms with E-state index in [2.05, 4.69) is 35.3 Å². The Balaban J connectivity index is 2.25. The fourth-order valence-corrected chi connectivity index (χ4v) is 1.90. The molecule has 2 rings (SSSR count). The van der Waals surface area contributed by atoms with Crippen LogP contribution in [0.2, 0.25) is 0 Å². The molecule has 0 fully saturated rings. The highest BCUT2D eigenvalue weighted by Crippen LogP contribution is 2.22. The predicted molar refractivity (Wildman–Crippen MR) is 60.4 cm³/mol. The van der Waals surface area contributed by atoms with Crippen molar-refractivity contribution in [3.05, 3.63) is 36.4 Å². The fraction of sp³-hybridized carbons (Fsp3) is 0.182. The van der Waals surface area contributed by atoms with E-state index in [0.717, 1.165) is 16.5 Å². The molecule has 0 aliphatic heterocycles. The first-order chi connectivity index (χ1) is 6.90. The lowest BCUT2D eigenvalue weighted by molar-refractivity contribution is 1.01. The molecule has 0 aliphatic rings. The summed E-state index contributed by atoms with van der Waals surface area (Å²) in [4.78, 5) is 0. The lowest BCUT2D eigenvalue weighted by Gasteiger charge is -1.93. The maximum atomic E-state index is 4.22. The third kappa shape index (κ3) is 1.99. The quantitative estimate of drug-likeness (QED) is 0.778. The van der Waals surface area contributed by atoms with Crippen LogP contribution in [0.5, 0.6) is 0 Å². The molecule has 0 radical (unpaired) electrons. The first kappa shape index (κ1) is 9.34. The predicted octanol–water partition coefficient (Wildman–Crippen LogP) is 3.19. The van der Waals surface area contributed by atoms with Gasteiger partial charge < -0.3 is 0 Å². The number of nitrogens with one attached hydrogen (secondary N) is 1. The Kier molecular flexibility index (Phi) is 2.89. The average molecular weight is 204 g/mol. The molecule has 0 bridgehead atoms. The Morgan fingerprint density at radius 2 is 2.07 bits per heavy atom. The van der Waals surface area contributed by atoms with Crippen molar-refractivity contribution in [1.29, 1.82) is 0 Å². The Hall–Kier alpha value is -1.22. The van der Waals surface area contributed by atoms with E-state index in [1.807, 2.05) is 18.2 Å². The molecule has 2 aromatic rings. The summed E-state index contributed by atoms with van der Waals surface area (Å²) >= 11 is 1.75. The van der Waals surface area contributed by atoms with Gasteiger partial charge in [0.15, 0.2) is 0 Å². The van der Waals surface area contributed by atoms with E-state index in [-0.39, 0.29) is 0 Å². The van der Waals surface area contributed by atoms with Crippen LogP contribution in [-0.2, 0) is 0 Å². The van der Waals surface area contributed by atoms with Crippen molar-refractivity contribution in [3.63, 3.8) is 0 Å². The summed E-state index contributed by atoms with van der Waals surface area (Å²) in [5.74, 6) is 1.05. The first-order valence-electron chi connectivity index (χ1n) is 4.64. The molecule has 0 saturated carbocycles. The van der Waals surface area contributed by atoms with E-state index >= 15 is 0 Å². The van der Waals surface area contributed by atoms with Gasteiger partial charge in [0.2, 0.25) is 0 Å². The lowest BCUT2D eigenvalue weighted by atomic mass is 10.2. The van der Waals surface area contributed by atoms with Gasteiger partial charge in [0.1, 0.15) is 5.03 Å². The molecule has 0 atom stereocenters. The van der Waals surface area contributed by atoms with Gasteiger partial charge in [-0.15, -0.1) is 11.8 Å². The molecule has 1 aromatic carbocycles. The Labute approximate surface area is 87.7 Å². The number of H-pyrrole nitrogens is 1. The monoisotopic (exact) mass is 204 g/mol. The van der Waals surface area contributed by atoms with Gasteiger partial charge in [-0.25, -0.2) is 0 Å². The largest absolute Gasteiger partial charge is 0.277 e. The minimum atomic E-state index is 1.05. The van der Waals surface area contributed by atoms with Crippen molar-refractivity contribution in [2.24, 2.45) is 0 Å². The molecule has 0 unspecified atom stereocenters. The molecule has 1 aromatic heterocycles. The molecule has 72 valence electrons. The molecule has 0 saturated heterocycles. The van der Waals surface area contributed by atoms with E-state index in [0.29, 0.717) is 0 Å². The topological polar surface area (TPSA) is 28.7 Å². The third-order valence-corrected chi connectivity index (χ3v) is 2.72. The van der Waals surface area contributed by atoms with Crippen molar-refractivity contribution in [2.75, 3.05) is 5.75 Å². The van der Waals surface area contributed by atoms with Gasteiger partial charge in [0.25, 0.3) is 0 Å². The van der Waals surface area contributed by atoms with Gasteiger partial charge in [0.05, 0.1) is 5.69 Å². The van der Waals surface area contributed by atoms with E-state index < -0.39 is 0 Å². The van der Waals surface area contributed by atoms with E-state index in [4.69, 9.17) is 0 Å². The second-order valence-electron chi connectivity index (χ2n) is 2.92. The molecule has 0 spiro atoms. The molecule has 3 heteroatoms. The normalized spacial score (nSPS) is 10.4. The molecule has 1 N–H and O–H groups in total. The van der Waals surface area contributed by atoms with Crippen LogP contribution in [-0.4, -0.2) is 16.0 Å². The van der Waals surface area contributed by atoms with Crippen molar-refractivity contribution >= 4 is 11.8 Å². The molecule has 1 heterocycles. The Bertz CT molecular complexity index is 395. The van der Waals surface area contributed by atoms with Gasteiger partial charge in [-0.1, -0.05) is 37.3 Å². The zero-order valence-corrected chi connectivity index (χ0v) is 8.84. The Morgan fingerprint density at radius 1 is 1.29 bits per heavy atom. The van der Waals surface area contributed by atoms with Crippen LogP contribution >= 0.6 is 11.8 Å². The first-order valence-corrected chi connectivity index (χ1v) is 5.62. The summed E-state index contributed by atoms with van der Waals surface area (Å²) in [6.07, 6.45) is 0. The van der Waals surface area contributed by atoms with Crippen molar-refractivity contribution < 1.29 is 0 Å². The number of aromatic nitrogens is 2. The zero-order chi connectivity index (χ0) is 9.80. The summed E-state index contributed by atoms with van der Waals surface area (Å²) in [5, 5.41) is 8.32. The second-order valence-corrected chi connectivity index (χ2v) is 4.20. The molecule has 14 heavy (non-hydrogen) atoms. The van der Waals surface area contributed by atoms with E-state index in [1.54, 1.807) is 11.8 Å². The summed E-state index contributed by atoms with van der Waals surface area (Å²) in [7, 11) is 0. The van der Waals surface area contributed by atoms with Gasteiger partial charge in [-0.05, 0) is 17.4 Å². The van der Waals surface area contributed by atoms with Gasteiger partial charge in [-0.2, -0.15) is 5.10 Å². The summed E-state index contributed by atoms with van der Waals surface area (Å²) in [6.45, 7) is 2.13. The number of hydrogen-bond acceptors (Lipinski definition) is 2. The number of rotatable bonds is 3. The molecular weight excluding hydrogens is 192 g/mol. The van der Waals surface area contributed by atoms with Crippen molar-refractivity contribution in [2.45, 2.75) is 11.9 Å². The highest BCUT2D eigenvalue weighted by molar-refractivity contribution is 7.99. The number of nitrogens with zero attached hydrogens (tertiary/aromatic N) is 1. The number of thioether (sulfide) groups is 1. The standard InChI is InChI=1S/C11H12N2S/c1-2-14-11-8-10(12-13-11)9-6-4-3-5-7-9/h3-8H,2H2,1H3,(H,12,13). The molecule has 2 nitrogen and oxygen atoms in total. The molecule has 0 aliphatic carbocycles. The number of benzene rings is 1.